The molecule has 2 saturated heterocycles. The fourth-order valence-corrected chi connectivity index (χ4v) is 3.37. The van der Waals surface area contributed by atoms with E-state index in [4.69, 9.17) is 0 Å². The molecule has 0 aromatic heterocycles. The summed E-state index contributed by atoms with van der Waals surface area (Å²) in [5.41, 5.74) is 1.26. The van der Waals surface area contributed by atoms with E-state index in [-0.39, 0.29) is 0 Å². The molecule has 0 saturated carbocycles. The number of amides is 1. The minimum atomic E-state index is 0.373. The predicted molar refractivity (Wildman–Crippen MR) is 85.9 cm³/mol. The van der Waals surface area contributed by atoms with Crippen molar-refractivity contribution < 1.29 is 4.79 Å². The van der Waals surface area contributed by atoms with Crippen LogP contribution in [0.2, 0.25) is 0 Å². The summed E-state index contributed by atoms with van der Waals surface area (Å²) in [5.74, 6) is 0.373. The molecule has 0 aliphatic carbocycles. The summed E-state index contributed by atoms with van der Waals surface area (Å²) in [6, 6.07) is 10.9. The summed E-state index contributed by atoms with van der Waals surface area (Å²) >= 11 is 0. The third-order valence-corrected chi connectivity index (χ3v) is 4.58. The Morgan fingerprint density at radius 1 is 1.10 bits per heavy atom. The Hall–Kier alpha value is -1.61. The van der Waals surface area contributed by atoms with Gasteiger partial charge in [0.15, 0.2) is 0 Å². The molecule has 21 heavy (non-hydrogen) atoms. The summed E-state index contributed by atoms with van der Waals surface area (Å²) in [4.78, 5) is 16.4. The highest BCUT2D eigenvalue weighted by Gasteiger charge is 2.30. The third kappa shape index (κ3) is 3.73. The molecule has 112 valence electrons. The molecule has 3 rings (SSSR count). The zero-order valence-corrected chi connectivity index (χ0v) is 12.6. The monoisotopic (exact) mass is 284 g/mol. The predicted octanol–water partition coefficient (Wildman–Crippen LogP) is 2.79. The Labute approximate surface area is 127 Å². The van der Waals surface area contributed by atoms with Crippen LogP contribution in [0, 0.1) is 0 Å². The van der Waals surface area contributed by atoms with Crippen LogP contribution in [0.3, 0.4) is 0 Å². The van der Waals surface area contributed by atoms with Gasteiger partial charge in [-0.3, -0.25) is 9.69 Å². The average Bonchev–Trinajstić information content (AvgIpc) is 2.95. The van der Waals surface area contributed by atoms with Gasteiger partial charge in [-0.05, 0) is 24.8 Å². The topological polar surface area (TPSA) is 23.6 Å². The number of likely N-dealkylation sites (tertiary alicyclic amines) is 2. The van der Waals surface area contributed by atoms with Gasteiger partial charge in [0.2, 0.25) is 5.91 Å². The van der Waals surface area contributed by atoms with Gasteiger partial charge in [-0.1, -0.05) is 42.5 Å². The Morgan fingerprint density at radius 2 is 1.86 bits per heavy atom. The minimum absolute atomic E-state index is 0.373. The largest absolute Gasteiger partial charge is 0.340 e. The van der Waals surface area contributed by atoms with Crippen LogP contribution >= 0.6 is 0 Å². The summed E-state index contributed by atoms with van der Waals surface area (Å²) < 4.78 is 0. The van der Waals surface area contributed by atoms with Gasteiger partial charge in [-0.25, -0.2) is 0 Å². The van der Waals surface area contributed by atoms with Crippen LogP contribution in [0.1, 0.15) is 31.2 Å². The summed E-state index contributed by atoms with van der Waals surface area (Å²) in [6.07, 6.45) is 8.52. The first-order valence-electron chi connectivity index (χ1n) is 8.06. The normalized spacial score (nSPS) is 21.5. The maximum Gasteiger partial charge on any atom is 0.222 e. The van der Waals surface area contributed by atoms with E-state index in [1.165, 1.54) is 5.56 Å². The van der Waals surface area contributed by atoms with Gasteiger partial charge in [0, 0.05) is 38.6 Å². The van der Waals surface area contributed by atoms with Crippen molar-refractivity contribution in [1.82, 2.24) is 9.80 Å². The molecule has 2 aliphatic heterocycles. The lowest BCUT2D eigenvalue weighted by Gasteiger charge is -2.36. The number of hydrogen-bond acceptors (Lipinski definition) is 2. The highest BCUT2D eigenvalue weighted by atomic mass is 16.2. The molecule has 2 heterocycles. The Morgan fingerprint density at radius 3 is 2.52 bits per heavy atom. The van der Waals surface area contributed by atoms with Crippen molar-refractivity contribution in [2.24, 2.45) is 0 Å². The van der Waals surface area contributed by atoms with Crippen molar-refractivity contribution in [3.63, 3.8) is 0 Å². The smallest absolute Gasteiger partial charge is 0.222 e. The van der Waals surface area contributed by atoms with Crippen LogP contribution in [-0.2, 0) is 4.79 Å². The number of piperidine rings is 1. The van der Waals surface area contributed by atoms with Crippen LogP contribution in [0.25, 0.3) is 6.08 Å². The molecular formula is C18H24N2O. The zero-order chi connectivity index (χ0) is 14.5. The number of benzene rings is 1. The molecule has 2 aliphatic rings. The van der Waals surface area contributed by atoms with Crippen LogP contribution in [0.15, 0.2) is 36.4 Å². The van der Waals surface area contributed by atoms with E-state index in [9.17, 15) is 4.79 Å². The number of rotatable bonds is 4. The minimum Gasteiger partial charge on any atom is -0.340 e. The highest BCUT2D eigenvalue weighted by molar-refractivity contribution is 5.78. The second-order valence-electron chi connectivity index (χ2n) is 6.04. The van der Waals surface area contributed by atoms with Crippen LogP contribution in [0.4, 0.5) is 0 Å². The van der Waals surface area contributed by atoms with Gasteiger partial charge < -0.3 is 4.90 Å². The van der Waals surface area contributed by atoms with Crippen molar-refractivity contribution >= 4 is 12.0 Å². The number of hydrogen-bond donors (Lipinski definition) is 0. The standard InChI is InChI=1S/C18H24N2O/c21-18-9-5-13-20(18)17-10-14-19(15-11-17)12-4-8-16-6-2-1-3-7-16/h1-4,6-8,17H,5,9-15H2/b8-4+. The van der Waals surface area contributed by atoms with E-state index < -0.39 is 0 Å². The first kappa shape index (κ1) is 14.3. The van der Waals surface area contributed by atoms with Gasteiger partial charge in [0.25, 0.3) is 0 Å². The quantitative estimate of drug-likeness (QED) is 0.849. The van der Waals surface area contributed by atoms with Gasteiger partial charge in [0.05, 0.1) is 0 Å². The number of carbonyl (C=O) groups is 1. The van der Waals surface area contributed by atoms with Gasteiger partial charge in [-0.15, -0.1) is 0 Å². The Kier molecular flexibility index (Phi) is 4.71. The Balaban J connectivity index is 1.44. The molecule has 0 atom stereocenters. The zero-order valence-electron chi connectivity index (χ0n) is 12.6. The van der Waals surface area contributed by atoms with Gasteiger partial charge >= 0.3 is 0 Å². The van der Waals surface area contributed by atoms with E-state index in [0.717, 1.165) is 51.9 Å². The lowest BCUT2D eigenvalue weighted by atomic mass is 10.0. The second-order valence-corrected chi connectivity index (χ2v) is 6.04. The first-order valence-corrected chi connectivity index (χ1v) is 8.06. The molecule has 3 nitrogen and oxygen atoms in total. The lowest BCUT2D eigenvalue weighted by molar-refractivity contribution is -0.130. The molecule has 0 bridgehead atoms. The van der Waals surface area contributed by atoms with E-state index in [1.807, 2.05) is 6.07 Å². The van der Waals surface area contributed by atoms with Crippen molar-refractivity contribution in [2.45, 2.75) is 31.7 Å². The SMILES string of the molecule is O=C1CCCN1C1CCN(C/C=C/c2ccccc2)CC1. The molecular weight excluding hydrogens is 260 g/mol. The number of carbonyl (C=O) groups excluding carboxylic acids is 1. The summed E-state index contributed by atoms with van der Waals surface area (Å²) in [5, 5.41) is 0. The van der Waals surface area contributed by atoms with Gasteiger partial charge in [-0.2, -0.15) is 0 Å². The van der Waals surface area contributed by atoms with Crippen molar-refractivity contribution in [3.05, 3.63) is 42.0 Å². The van der Waals surface area contributed by atoms with Crippen LogP contribution in [0.5, 0.6) is 0 Å². The molecule has 1 aromatic rings. The number of nitrogens with zero attached hydrogens (tertiary/aromatic N) is 2. The molecule has 2 fully saturated rings. The summed E-state index contributed by atoms with van der Waals surface area (Å²) in [7, 11) is 0. The fraction of sp³-hybridized carbons (Fsp3) is 0.500. The molecule has 0 radical (unpaired) electrons. The van der Waals surface area contributed by atoms with Crippen molar-refractivity contribution in [3.8, 4) is 0 Å². The van der Waals surface area contributed by atoms with Gasteiger partial charge in [0.1, 0.15) is 0 Å². The maximum absolute atomic E-state index is 11.8. The molecule has 0 unspecified atom stereocenters. The van der Waals surface area contributed by atoms with E-state index in [1.54, 1.807) is 0 Å². The molecule has 0 spiro atoms. The van der Waals surface area contributed by atoms with Crippen LogP contribution < -0.4 is 0 Å². The second kappa shape index (κ2) is 6.90. The van der Waals surface area contributed by atoms with Crippen molar-refractivity contribution in [1.29, 1.82) is 0 Å². The maximum atomic E-state index is 11.8. The molecule has 1 aromatic carbocycles. The Bertz CT molecular complexity index is 489. The first-order chi connectivity index (χ1) is 10.3. The van der Waals surface area contributed by atoms with Crippen LogP contribution in [-0.4, -0.2) is 47.9 Å². The summed E-state index contributed by atoms with van der Waals surface area (Å²) in [6.45, 7) is 4.20. The van der Waals surface area contributed by atoms with E-state index in [0.29, 0.717) is 11.9 Å². The van der Waals surface area contributed by atoms with E-state index in [2.05, 4.69) is 46.2 Å². The third-order valence-electron chi connectivity index (χ3n) is 4.58. The lowest BCUT2D eigenvalue weighted by Crippen LogP contribution is -2.45. The van der Waals surface area contributed by atoms with E-state index >= 15 is 0 Å². The fourth-order valence-electron chi connectivity index (χ4n) is 3.37. The molecule has 1 amide bonds. The molecule has 0 N–H and O–H groups in total. The molecule has 3 heteroatoms. The van der Waals surface area contributed by atoms with Crippen molar-refractivity contribution in [2.75, 3.05) is 26.2 Å². The highest BCUT2D eigenvalue weighted by Crippen LogP contribution is 2.22. The average molecular weight is 284 g/mol.